The number of aromatic nitrogens is 2. The van der Waals surface area contributed by atoms with Crippen molar-refractivity contribution in [3.05, 3.63) is 12.5 Å². The molecular formula is C10H19N3O3S. The summed E-state index contributed by atoms with van der Waals surface area (Å²) in [5.41, 5.74) is 0. The van der Waals surface area contributed by atoms with Crippen molar-refractivity contribution in [2.75, 3.05) is 19.7 Å². The summed E-state index contributed by atoms with van der Waals surface area (Å²) in [6.07, 6.45) is 3.71. The van der Waals surface area contributed by atoms with Crippen molar-refractivity contribution < 1.29 is 13.5 Å². The fourth-order valence-electron chi connectivity index (χ4n) is 1.49. The van der Waals surface area contributed by atoms with Crippen molar-refractivity contribution >= 4 is 10.0 Å². The van der Waals surface area contributed by atoms with Gasteiger partial charge in [-0.15, -0.1) is 0 Å². The van der Waals surface area contributed by atoms with Gasteiger partial charge in [0.05, 0.1) is 12.9 Å². The highest BCUT2D eigenvalue weighted by Gasteiger charge is 2.25. The highest BCUT2D eigenvalue weighted by molar-refractivity contribution is 7.89. The summed E-state index contributed by atoms with van der Waals surface area (Å²) in [5, 5.41) is 8.94. The monoisotopic (exact) mass is 261 g/mol. The Balaban J connectivity index is 2.98. The van der Waals surface area contributed by atoms with Gasteiger partial charge in [0, 0.05) is 25.8 Å². The maximum Gasteiger partial charge on any atom is 0.262 e. The summed E-state index contributed by atoms with van der Waals surface area (Å²) >= 11 is 0. The number of rotatable bonds is 7. The highest BCUT2D eigenvalue weighted by Crippen LogP contribution is 2.13. The molecule has 1 aromatic heterocycles. The molecule has 0 aromatic carbocycles. The van der Waals surface area contributed by atoms with Gasteiger partial charge in [-0.25, -0.2) is 13.4 Å². The van der Waals surface area contributed by atoms with Gasteiger partial charge in [0.25, 0.3) is 10.0 Å². The van der Waals surface area contributed by atoms with E-state index in [9.17, 15) is 8.42 Å². The number of aliphatic hydroxyl groups excluding tert-OH is 1. The summed E-state index contributed by atoms with van der Waals surface area (Å²) in [5.74, 6) is 0. The van der Waals surface area contributed by atoms with Gasteiger partial charge in [-0.3, -0.25) is 0 Å². The Kier molecular flexibility index (Phi) is 5.10. The van der Waals surface area contributed by atoms with Crippen molar-refractivity contribution in [2.45, 2.75) is 31.8 Å². The van der Waals surface area contributed by atoms with Crippen LogP contribution in [0.5, 0.6) is 0 Å². The van der Waals surface area contributed by atoms with E-state index in [1.165, 1.54) is 16.8 Å². The third-order valence-corrected chi connectivity index (χ3v) is 4.19. The van der Waals surface area contributed by atoms with E-state index >= 15 is 0 Å². The molecule has 1 rings (SSSR count). The van der Waals surface area contributed by atoms with Crippen LogP contribution in [0, 0.1) is 0 Å². The second-order valence-corrected chi connectivity index (χ2v) is 5.55. The van der Waals surface area contributed by atoms with Crippen LogP contribution in [0.15, 0.2) is 17.6 Å². The zero-order valence-electron chi connectivity index (χ0n) is 10.2. The summed E-state index contributed by atoms with van der Waals surface area (Å²) < 4.78 is 27.3. The zero-order chi connectivity index (χ0) is 12.9. The van der Waals surface area contributed by atoms with Gasteiger partial charge >= 0.3 is 0 Å². The largest absolute Gasteiger partial charge is 0.395 e. The van der Waals surface area contributed by atoms with E-state index in [0.29, 0.717) is 19.5 Å². The Morgan fingerprint density at radius 2 is 2.12 bits per heavy atom. The van der Waals surface area contributed by atoms with Gasteiger partial charge in [0.1, 0.15) is 0 Å². The average Bonchev–Trinajstić information content (AvgIpc) is 2.78. The van der Waals surface area contributed by atoms with Crippen molar-refractivity contribution in [1.82, 2.24) is 13.9 Å². The lowest BCUT2D eigenvalue weighted by Crippen LogP contribution is -2.34. The Morgan fingerprint density at radius 1 is 1.41 bits per heavy atom. The van der Waals surface area contributed by atoms with Crippen molar-refractivity contribution in [1.29, 1.82) is 0 Å². The van der Waals surface area contributed by atoms with Gasteiger partial charge in [-0.1, -0.05) is 6.92 Å². The van der Waals surface area contributed by atoms with Crippen LogP contribution in [0.2, 0.25) is 0 Å². The van der Waals surface area contributed by atoms with Crippen LogP contribution < -0.4 is 0 Å². The summed E-state index contributed by atoms with van der Waals surface area (Å²) in [6.45, 7) is 4.79. The molecule has 0 aliphatic heterocycles. The van der Waals surface area contributed by atoms with Gasteiger partial charge in [0.15, 0.2) is 5.03 Å². The van der Waals surface area contributed by atoms with Crippen LogP contribution in [-0.4, -0.2) is 47.1 Å². The first-order chi connectivity index (χ1) is 8.06. The number of hydrogen-bond acceptors (Lipinski definition) is 4. The zero-order valence-corrected chi connectivity index (χ0v) is 11.0. The number of hydrogen-bond donors (Lipinski definition) is 1. The fourth-order valence-corrected chi connectivity index (χ4v) is 2.95. The van der Waals surface area contributed by atoms with Crippen molar-refractivity contribution in [3.63, 3.8) is 0 Å². The summed E-state index contributed by atoms with van der Waals surface area (Å²) in [7, 11) is -3.57. The second kappa shape index (κ2) is 6.13. The predicted molar refractivity (Wildman–Crippen MR) is 64.0 cm³/mol. The van der Waals surface area contributed by atoms with E-state index in [1.807, 2.05) is 13.8 Å². The van der Waals surface area contributed by atoms with Gasteiger partial charge in [-0.2, -0.15) is 4.31 Å². The normalized spacial score (nSPS) is 12.2. The summed E-state index contributed by atoms with van der Waals surface area (Å²) in [6, 6.07) is 0. The molecule has 0 aliphatic carbocycles. The molecule has 7 heteroatoms. The number of imidazole rings is 1. The highest BCUT2D eigenvalue weighted by atomic mass is 32.2. The molecule has 98 valence electrons. The molecule has 0 amide bonds. The lowest BCUT2D eigenvalue weighted by Gasteiger charge is -2.18. The minimum atomic E-state index is -3.57. The molecule has 0 bridgehead atoms. The molecule has 0 aliphatic rings. The van der Waals surface area contributed by atoms with E-state index in [2.05, 4.69) is 4.98 Å². The maximum atomic E-state index is 12.2. The van der Waals surface area contributed by atoms with Gasteiger partial charge < -0.3 is 9.67 Å². The lowest BCUT2D eigenvalue weighted by molar-refractivity contribution is 0.253. The predicted octanol–water partition coefficient (Wildman–Crippen LogP) is 0.296. The molecule has 6 nitrogen and oxygen atoms in total. The minimum Gasteiger partial charge on any atom is -0.395 e. The number of sulfonamides is 1. The molecule has 1 aromatic rings. The Morgan fingerprint density at radius 3 is 2.59 bits per heavy atom. The molecule has 17 heavy (non-hydrogen) atoms. The van der Waals surface area contributed by atoms with Gasteiger partial charge in [0.2, 0.25) is 0 Å². The van der Waals surface area contributed by atoms with Crippen LogP contribution in [0.25, 0.3) is 0 Å². The average molecular weight is 261 g/mol. The van der Waals surface area contributed by atoms with E-state index < -0.39 is 10.0 Å². The van der Waals surface area contributed by atoms with Crippen LogP contribution in [0.3, 0.4) is 0 Å². The number of aliphatic hydroxyl groups is 1. The van der Waals surface area contributed by atoms with E-state index in [4.69, 9.17) is 5.11 Å². The Hall–Kier alpha value is -0.920. The second-order valence-electron chi connectivity index (χ2n) is 3.67. The molecular weight excluding hydrogens is 242 g/mol. The Labute approximate surface area is 102 Å². The van der Waals surface area contributed by atoms with Crippen LogP contribution in [-0.2, 0) is 16.6 Å². The van der Waals surface area contributed by atoms with Crippen LogP contribution in [0.1, 0.15) is 20.3 Å². The molecule has 1 heterocycles. The van der Waals surface area contributed by atoms with Crippen LogP contribution >= 0.6 is 0 Å². The molecule has 0 fully saturated rings. The first kappa shape index (κ1) is 14.1. The molecule has 0 spiro atoms. The topological polar surface area (TPSA) is 75.4 Å². The first-order valence-corrected chi connectivity index (χ1v) is 7.13. The van der Waals surface area contributed by atoms with Crippen molar-refractivity contribution in [3.8, 4) is 0 Å². The Bertz CT molecular complexity index is 435. The third-order valence-electron chi connectivity index (χ3n) is 2.40. The van der Waals surface area contributed by atoms with E-state index in [1.54, 1.807) is 4.57 Å². The summed E-state index contributed by atoms with van der Waals surface area (Å²) in [4.78, 5) is 3.90. The first-order valence-electron chi connectivity index (χ1n) is 5.69. The maximum absolute atomic E-state index is 12.2. The van der Waals surface area contributed by atoms with Crippen molar-refractivity contribution in [2.24, 2.45) is 0 Å². The minimum absolute atomic E-state index is 0.0428. The van der Waals surface area contributed by atoms with Crippen LogP contribution in [0.4, 0.5) is 0 Å². The molecule has 0 radical (unpaired) electrons. The van der Waals surface area contributed by atoms with E-state index in [-0.39, 0.29) is 18.2 Å². The molecule has 0 saturated carbocycles. The lowest BCUT2D eigenvalue weighted by atomic mass is 10.5. The fraction of sp³-hybridized carbons (Fsp3) is 0.700. The number of nitrogens with zero attached hydrogens (tertiary/aromatic N) is 3. The molecule has 0 unspecified atom stereocenters. The number of aryl methyl sites for hydroxylation is 1. The van der Waals surface area contributed by atoms with E-state index in [0.717, 1.165) is 0 Å². The molecule has 1 N–H and O–H groups in total. The smallest absolute Gasteiger partial charge is 0.262 e. The SMILES string of the molecule is CCCN(CCO)S(=O)(=O)c1cn(CC)cn1. The standard InChI is InChI=1S/C10H19N3O3S/c1-3-5-13(6-7-14)17(15,16)10-8-12(4-2)9-11-10/h8-9,14H,3-7H2,1-2H3. The molecule has 0 atom stereocenters. The van der Waals surface area contributed by atoms with Gasteiger partial charge in [-0.05, 0) is 13.3 Å². The quantitative estimate of drug-likeness (QED) is 0.766. The molecule has 0 saturated heterocycles. The third kappa shape index (κ3) is 3.27.